The van der Waals surface area contributed by atoms with Crippen LogP contribution in [0.5, 0.6) is 0 Å². The van der Waals surface area contributed by atoms with Gasteiger partial charge in [0.15, 0.2) is 0 Å². The first-order chi connectivity index (χ1) is 7.59. The van der Waals surface area contributed by atoms with Crippen LogP contribution in [0.3, 0.4) is 0 Å². The lowest BCUT2D eigenvalue weighted by Crippen LogP contribution is -1.97. The van der Waals surface area contributed by atoms with Gasteiger partial charge in [0.1, 0.15) is 0 Å². The van der Waals surface area contributed by atoms with Gasteiger partial charge in [-0.3, -0.25) is 4.79 Å². The van der Waals surface area contributed by atoms with Gasteiger partial charge in [-0.05, 0) is 12.3 Å². The first-order valence-electron chi connectivity index (χ1n) is 5.31. The molecule has 0 aliphatic carbocycles. The van der Waals surface area contributed by atoms with Gasteiger partial charge in [-0.25, -0.2) is 0 Å². The Bertz CT molecular complexity index is 420. The van der Waals surface area contributed by atoms with Gasteiger partial charge >= 0.3 is 0 Å². The molecular weight excluding hydrogens is 222 g/mol. The lowest BCUT2D eigenvalue weighted by Gasteiger charge is -2.05. The molecule has 0 atom stereocenters. The van der Waals surface area contributed by atoms with Crippen molar-refractivity contribution in [1.29, 1.82) is 0 Å². The molecular formula is C12H16NO2S-. The average Bonchev–Trinajstić information content (AvgIpc) is 2.27. The van der Waals surface area contributed by atoms with Gasteiger partial charge in [-0.15, -0.1) is 0 Å². The number of carbonyl (C=O) groups is 1. The van der Waals surface area contributed by atoms with Crippen molar-refractivity contribution in [3.8, 4) is 0 Å². The quantitative estimate of drug-likeness (QED) is 0.756. The summed E-state index contributed by atoms with van der Waals surface area (Å²) in [4.78, 5) is 11.9. The highest BCUT2D eigenvalue weighted by Gasteiger charge is 1.98. The average molecular weight is 238 g/mol. The van der Waals surface area contributed by atoms with Gasteiger partial charge in [-0.1, -0.05) is 49.1 Å². The molecule has 0 bridgehead atoms. The van der Waals surface area contributed by atoms with E-state index in [-0.39, 0.29) is 5.91 Å². The number of hydrogen-bond acceptors (Lipinski definition) is 3. The fourth-order valence-electron chi connectivity index (χ4n) is 1.14. The first-order valence-corrected chi connectivity index (χ1v) is 6.42. The standard InChI is InChI=1S/C12H16NO2S/c1-10(2)8-9-12(14)13-16(15)11-6-4-3-5-7-11/h3-7,10H,8-9H2,1-2H3/q-1. The van der Waals surface area contributed by atoms with Gasteiger partial charge in [0, 0.05) is 6.42 Å². The Morgan fingerprint density at radius 3 is 2.50 bits per heavy atom. The van der Waals surface area contributed by atoms with Gasteiger partial charge in [0.05, 0.1) is 0 Å². The van der Waals surface area contributed by atoms with Gasteiger partial charge in [0.25, 0.3) is 0 Å². The number of amides is 1. The van der Waals surface area contributed by atoms with Crippen LogP contribution in [-0.2, 0) is 19.6 Å². The SMILES string of the molecule is CC(C)CCC(=O)N=[S-](=O)c1ccccc1. The van der Waals surface area contributed by atoms with E-state index in [4.69, 9.17) is 0 Å². The normalized spacial score (nSPS) is 12.9. The summed E-state index contributed by atoms with van der Waals surface area (Å²) >= 11 is 0. The zero-order chi connectivity index (χ0) is 12.0. The van der Waals surface area contributed by atoms with Crippen LogP contribution in [-0.4, -0.2) is 5.91 Å². The van der Waals surface area contributed by atoms with Crippen LogP contribution in [0.1, 0.15) is 26.7 Å². The van der Waals surface area contributed by atoms with E-state index < -0.39 is 10.6 Å². The lowest BCUT2D eigenvalue weighted by molar-refractivity contribution is -0.117. The van der Waals surface area contributed by atoms with Crippen molar-refractivity contribution in [3.63, 3.8) is 0 Å². The molecule has 0 spiro atoms. The van der Waals surface area contributed by atoms with Crippen LogP contribution in [0.25, 0.3) is 0 Å². The third kappa shape index (κ3) is 4.57. The molecule has 88 valence electrons. The molecule has 1 aromatic rings. The second-order valence-electron chi connectivity index (χ2n) is 3.98. The Balaban J connectivity index is 2.64. The maximum Gasteiger partial charge on any atom is 0.222 e. The van der Waals surface area contributed by atoms with E-state index in [9.17, 15) is 9.00 Å². The number of rotatable bonds is 4. The van der Waals surface area contributed by atoms with Crippen molar-refractivity contribution in [3.05, 3.63) is 30.3 Å². The van der Waals surface area contributed by atoms with Gasteiger partial charge < -0.3 is 8.57 Å². The molecule has 4 heteroatoms. The summed E-state index contributed by atoms with van der Waals surface area (Å²) in [5, 5.41) is 0. The highest BCUT2D eigenvalue weighted by atomic mass is 32.2. The lowest BCUT2D eigenvalue weighted by atomic mass is 10.1. The molecule has 0 aliphatic rings. The number of benzene rings is 1. The van der Waals surface area contributed by atoms with E-state index in [1.54, 1.807) is 24.3 Å². The molecule has 0 heterocycles. The molecule has 0 saturated heterocycles. The van der Waals surface area contributed by atoms with Crippen LogP contribution in [0.15, 0.2) is 39.6 Å². The monoisotopic (exact) mass is 238 g/mol. The molecule has 1 rings (SSSR count). The Morgan fingerprint density at radius 1 is 1.31 bits per heavy atom. The molecule has 1 amide bonds. The third-order valence-electron chi connectivity index (χ3n) is 2.07. The second-order valence-corrected chi connectivity index (χ2v) is 5.13. The van der Waals surface area contributed by atoms with Crippen LogP contribution in [0, 0.1) is 5.92 Å². The zero-order valence-electron chi connectivity index (χ0n) is 9.55. The van der Waals surface area contributed by atoms with Crippen molar-refractivity contribution in [1.82, 2.24) is 0 Å². The Hall–Kier alpha value is -1.16. The molecule has 0 N–H and O–H groups in total. The molecule has 0 aliphatic heterocycles. The van der Waals surface area contributed by atoms with E-state index >= 15 is 0 Å². The summed E-state index contributed by atoms with van der Waals surface area (Å²) in [5.41, 5.74) is 0. The van der Waals surface area contributed by atoms with Crippen molar-refractivity contribution < 1.29 is 9.00 Å². The third-order valence-corrected chi connectivity index (χ3v) is 3.11. The maximum atomic E-state index is 11.6. The summed E-state index contributed by atoms with van der Waals surface area (Å²) < 4.78 is 15.3. The minimum absolute atomic E-state index is 0.282. The van der Waals surface area contributed by atoms with Gasteiger partial charge in [-0.2, -0.15) is 10.6 Å². The predicted octanol–water partition coefficient (Wildman–Crippen LogP) is 3.16. The van der Waals surface area contributed by atoms with Crippen molar-refractivity contribution >= 4 is 16.5 Å². The topological polar surface area (TPSA) is 46.5 Å². The summed E-state index contributed by atoms with van der Waals surface area (Å²) in [5.74, 6) is 0.181. The predicted molar refractivity (Wildman–Crippen MR) is 64.3 cm³/mol. The fraction of sp³-hybridized carbons (Fsp3) is 0.417. The first kappa shape index (κ1) is 12.9. The highest BCUT2D eigenvalue weighted by Crippen LogP contribution is 2.06. The molecule has 0 radical (unpaired) electrons. The molecule has 1 aromatic carbocycles. The minimum Gasteiger partial charge on any atom is -0.440 e. The summed E-state index contributed by atoms with van der Waals surface area (Å²) in [6.45, 7) is 4.09. The number of carbonyl (C=O) groups excluding carboxylic acids is 1. The molecule has 3 nitrogen and oxygen atoms in total. The van der Waals surface area contributed by atoms with Crippen molar-refractivity contribution in [2.45, 2.75) is 31.6 Å². The summed E-state index contributed by atoms with van der Waals surface area (Å²) in [7, 11) is -1.55. The zero-order valence-corrected chi connectivity index (χ0v) is 10.4. The molecule has 0 aromatic heterocycles. The largest absolute Gasteiger partial charge is 0.440 e. The molecule has 0 fully saturated rings. The van der Waals surface area contributed by atoms with E-state index in [1.807, 2.05) is 19.9 Å². The molecule has 0 saturated carbocycles. The Kier molecular flexibility index (Phi) is 5.19. The fourth-order valence-corrected chi connectivity index (χ4v) is 1.91. The molecule has 0 unspecified atom stereocenters. The van der Waals surface area contributed by atoms with E-state index in [0.29, 0.717) is 17.2 Å². The summed E-state index contributed by atoms with van der Waals surface area (Å²) in [6, 6.07) is 8.80. The maximum absolute atomic E-state index is 11.6. The van der Waals surface area contributed by atoms with Crippen molar-refractivity contribution in [2.24, 2.45) is 10.3 Å². The van der Waals surface area contributed by atoms with E-state index in [2.05, 4.69) is 4.36 Å². The van der Waals surface area contributed by atoms with E-state index in [0.717, 1.165) is 6.42 Å². The number of hydrogen-bond donors (Lipinski definition) is 0. The molecule has 16 heavy (non-hydrogen) atoms. The van der Waals surface area contributed by atoms with Crippen LogP contribution in [0.2, 0.25) is 0 Å². The Morgan fingerprint density at radius 2 is 1.94 bits per heavy atom. The van der Waals surface area contributed by atoms with Crippen LogP contribution in [0.4, 0.5) is 0 Å². The Labute approximate surface area is 98.1 Å². The number of nitrogens with zero attached hydrogens (tertiary/aromatic N) is 1. The van der Waals surface area contributed by atoms with Crippen LogP contribution < -0.4 is 0 Å². The minimum atomic E-state index is -1.55. The van der Waals surface area contributed by atoms with Crippen molar-refractivity contribution in [2.75, 3.05) is 0 Å². The van der Waals surface area contributed by atoms with Gasteiger partial charge in [0.2, 0.25) is 5.91 Å². The highest BCUT2D eigenvalue weighted by molar-refractivity contribution is 7.75. The second kappa shape index (κ2) is 6.43. The summed E-state index contributed by atoms with van der Waals surface area (Å²) in [6.07, 6.45) is 1.16. The smallest absolute Gasteiger partial charge is 0.222 e. The van der Waals surface area contributed by atoms with Crippen LogP contribution >= 0.6 is 0 Å². The van der Waals surface area contributed by atoms with E-state index in [1.165, 1.54) is 0 Å².